The van der Waals surface area contributed by atoms with Crippen LogP contribution < -0.4 is 10.1 Å². The Morgan fingerprint density at radius 1 is 1.35 bits per heavy atom. The molecule has 1 N–H and O–H groups in total. The van der Waals surface area contributed by atoms with Crippen molar-refractivity contribution in [2.75, 3.05) is 24.7 Å². The highest BCUT2D eigenvalue weighted by Crippen LogP contribution is 2.43. The zero-order chi connectivity index (χ0) is 14.0. The van der Waals surface area contributed by atoms with Crippen molar-refractivity contribution in [3.8, 4) is 5.75 Å². The highest BCUT2D eigenvalue weighted by Gasteiger charge is 2.36. The molecule has 1 saturated carbocycles. The molecule has 20 heavy (non-hydrogen) atoms. The van der Waals surface area contributed by atoms with E-state index < -0.39 is 0 Å². The molecule has 0 atom stereocenters. The lowest BCUT2D eigenvalue weighted by atomic mass is 9.89. The van der Waals surface area contributed by atoms with E-state index in [0.717, 1.165) is 23.1 Å². The van der Waals surface area contributed by atoms with Crippen molar-refractivity contribution in [3.63, 3.8) is 0 Å². The van der Waals surface area contributed by atoms with Crippen LogP contribution in [0.1, 0.15) is 25.7 Å². The summed E-state index contributed by atoms with van der Waals surface area (Å²) in [7, 11) is 1.66. The Morgan fingerprint density at radius 3 is 2.80 bits per heavy atom. The molecule has 108 valence electrons. The standard InChI is InChI=1S/C15H19ClN2OS/c1-19-13-5-4-11(16)8-12(13)18-14-17-9-15(10-20-14)6-2-3-7-15/h4-5,8H,2-3,6-7,9-10H2,1H3,(H,17,18). The van der Waals surface area contributed by atoms with Crippen LogP contribution in [0.5, 0.6) is 5.75 Å². The Balaban J connectivity index is 1.72. The molecule has 0 radical (unpaired) electrons. The van der Waals surface area contributed by atoms with Gasteiger partial charge in [-0.2, -0.15) is 0 Å². The molecule has 1 aromatic rings. The number of amidine groups is 1. The number of nitrogens with one attached hydrogen (secondary N) is 1. The van der Waals surface area contributed by atoms with Gasteiger partial charge in [-0.15, -0.1) is 0 Å². The topological polar surface area (TPSA) is 33.6 Å². The van der Waals surface area contributed by atoms with E-state index >= 15 is 0 Å². The molecule has 1 aromatic carbocycles. The minimum atomic E-state index is 0.467. The fourth-order valence-corrected chi connectivity index (χ4v) is 4.28. The number of halogens is 1. The predicted octanol–water partition coefficient (Wildman–Crippen LogP) is 4.42. The Bertz CT molecular complexity index is 527. The normalized spacial score (nSPS) is 20.8. The molecule has 1 aliphatic carbocycles. The van der Waals surface area contributed by atoms with Gasteiger partial charge in [-0.3, -0.25) is 4.99 Å². The second-order valence-corrected chi connectivity index (χ2v) is 6.99. The monoisotopic (exact) mass is 310 g/mol. The molecule has 0 bridgehead atoms. The van der Waals surface area contributed by atoms with Crippen LogP contribution in [0.3, 0.4) is 0 Å². The van der Waals surface area contributed by atoms with Crippen LogP contribution >= 0.6 is 23.4 Å². The van der Waals surface area contributed by atoms with Crippen LogP contribution in [0.25, 0.3) is 0 Å². The van der Waals surface area contributed by atoms with Gasteiger partial charge in [-0.25, -0.2) is 0 Å². The third-order valence-corrected chi connectivity index (χ3v) is 5.64. The van der Waals surface area contributed by atoms with Gasteiger partial charge in [-0.1, -0.05) is 36.2 Å². The van der Waals surface area contributed by atoms with Crippen LogP contribution in [-0.4, -0.2) is 24.6 Å². The van der Waals surface area contributed by atoms with Gasteiger partial charge in [0.05, 0.1) is 12.8 Å². The number of rotatable bonds is 2. The lowest BCUT2D eigenvalue weighted by molar-refractivity contribution is 0.359. The van der Waals surface area contributed by atoms with Gasteiger partial charge in [-0.05, 0) is 36.5 Å². The summed E-state index contributed by atoms with van der Waals surface area (Å²) in [4.78, 5) is 4.73. The third-order valence-electron chi connectivity index (χ3n) is 4.14. The van der Waals surface area contributed by atoms with Gasteiger partial charge in [0.2, 0.25) is 0 Å². The number of benzene rings is 1. The van der Waals surface area contributed by atoms with Gasteiger partial charge < -0.3 is 10.1 Å². The highest BCUT2D eigenvalue weighted by atomic mass is 35.5. The molecule has 1 heterocycles. The van der Waals surface area contributed by atoms with Crippen LogP contribution in [0.2, 0.25) is 5.02 Å². The average molecular weight is 311 g/mol. The molecule has 5 heteroatoms. The van der Waals surface area contributed by atoms with Crippen molar-refractivity contribution in [3.05, 3.63) is 23.2 Å². The van der Waals surface area contributed by atoms with Crippen LogP contribution in [0, 0.1) is 5.41 Å². The van der Waals surface area contributed by atoms with Gasteiger partial charge >= 0.3 is 0 Å². The minimum absolute atomic E-state index is 0.467. The van der Waals surface area contributed by atoms with E-state index in [1.807, 2.05) is 30.0 Å². The number of thioether (sulfide) groups is 1. The van der Waals surface area contributed by atoms with E-state index in [4.69, 9.17) is 21.3 Å². The maximum absolute atomic E-state index is 6.05. The van der Waals surface area contributed by atoms with Gasteiger partial charge in [0.1, 0.15) is 5.75 Å². The van der Waals surface area contributed by atoms with E-state index in [0.29, 0.717) is 10.4 Å². The summed E-state index contributed by atoms with van der Waals surface area (Å²) < 4.78 is 5.35. The first kappa shape index (κ1) is 14.1. The quantitative estimate of drug-likeness (QED) is 0.877. The number of methoxy groups -OCH3 is 1. The summed E-state index contributed by atoms with van der Waals surface area (Å²) in [5, 5.41) is 5.02. The smallest absolute Gasteiger partial charge is 0.161 e. The molecule has 0 saturated heterocycles. The highest BCUT2D eigenvalue weighted by molar-refractivity contribution is 8.14. The van der Waals surface area contributed by atoms with Crippen molar-refractivity contribution >= 4 is 34.2 Å². The lowest BCUT2D eigenvalue weighted by Gasteiger charge is -2.31. The summed E-state index contributed by atoms with van der Waals surface area (Å²) in [5.41, 5.74) is 1.35. The second-order valence-electron chi connectivity index (χ2n) is 5.59. The summed E-state index contributed by atoms with van der Waals surface area (Å²) >= 11 is 7.87. The van der Waals surface area contributed by atoms with Gasteiger partial charge in [0.25, 0.3) is 0 Å². The van der Waals surface area contributed by atoms with Crippen molar-refractivity contribution < 1.29 is 4.74 Å². The largest absolute Gasteiger partial charge is 0.495 e. The van der Waals surface area contributed by atoms with Crippen molar-refractivity contribution in [1.29, 1.82) is 0 Å². The van der Waals surface area contributed by atoms with Crippen molar-refractivity contribution in [2.45, 2.75) is 25.7 Å². The van der Waals surface area contributed by atoms with Crippen molar-refractivity contribution in [1.82, 2.24) is 0 Å². The molecule has 3 rings (SSSR count). The molecule has 1 fully saturated rings. The third kappa shape index (κ3) is 2.91. The predicted molar refractivity (Wildman–Crippen MR) is 87.3 cm³/mol. The summed E-state index contributed by atoms with van der Waals surface area (Å²) in [6.45, 7) is 0.950. The second kappa shape index (κ2) is 5.86. The van der Waals surface area contributed by atoms with Crippen LogP contribution in [0.15, 0.2) is 23.2 Å². The van der Waals surface area contributed by atoms with E-state index in [1.54, 1.807) is 7.11 Å². The maximum Gasteiger partial charge on any atom is 0.161 e. The van der Waals surface area contributed by atoms with E-state index in [1.165, 1.54) is 31.4 Å². The zero-order valence-electron chi connectivity index (χ0n) is 11.6. The molecule has 0 amide bonds. The molecule has 1 aliphatic heterocycles. The first-order valence-electron chi connectivity index (χ1n) is 6.99. The molecule has 3 nitrogen and oxygen atoms in total. The van der Waals surface area contributed by atoms with E-state index in [2.05, 4.69) is 5.32 Å². The van der Waals surface area contributed by atoms with Crippen molar-refractivity contribution in [2.24, 2.45) is 10.4 Å². The number of anilines is 1. The molecular weight excluding hydrogens is 292 g/mol. The number of ether oxygens (including phenoxy) is 1. The first-order valence-corrected chi connectivity index (χ1v) is 8.35. The lowest BCUT2D eigenvalue weighted by Crippen LogP contribution is -2.30. The van der Waals surface area contributed by atoms with Gasteiger partial charge in [0.15, 0.2) is 5.17 Å². The fourth-order valence-electron chi connectivity index (χ4n) is 2.95. The number of aliphatic imine (C=N–C) groups is 1. The SMILES string of the molecule is COc1ccc(Cl)cc1NC1=NCC2(CCCC2)CS1. The molecular formula is C15H19ClN2OS. The van der Waals surface area contributed by atoms with E-state index in [9.17, 15) is 0 Å². The Kier molecular flexibility index (Phi) is 4.13. The van der Waals surface area contributed by atoms with Crippen LogP contribution in [0.4, 0.5) is 5.69 Å². The Labute approximate surface area is 129 Å². The van der Waals surface area contributed by atoms with E-state index in [-0.39, 0.29) is 0 Å². The maximum atomic E-state index is 6.05. The molecule has 0 aromatic heterocycles. The summed E-state index contributed by atoms with van der Waals surface area (Å²) in [5.74, 6) is 1.96. The van der Waals surface area contributed by atoms with Crippen LogP contribution in [-0.2, 0) is 0 Å². The first-order chi connectivity index (χ1) is 9.71. The number of hydrogen-bond donors (Lipinski definition) is 1. The summed E-state index contributed by atoms with van der Waals surface area (Å²) in [6.07, 6.45) is 5.39. The summed E-state index contributed by atoms with van der Waals surface area (Å²) in [6, 6.07) is 5.58. The number of nitrogens with zero attached hydrogens (tertiary/aromatic N) is 1. The Hall–Kier alpha value is -0.870. The Morgan fingerprint density at radius 2 is 2.15 bits per heavy atom. The van der Waals surface area contributed by atoms with Gasteiger partial charge in [0, 0.05) is 17.3 Å². The minimum Gasteiger partial charge on any atom is -0.495 e. The molecule has 1 spiro atoms. The molecule has 2 aliphatic rings. The molecule has 0 unspecified atom stereocenters. The number of hydrogen-bond acceptors (Lipinski definition) is 4. The average Bonchev–Trinajstić information content (AvgIpc) is 2.90. The zero-order valence-corrected chi connectivity index (χ0v) is 13.2. The fraction of sp³-hybridized carbons (Fsp3) is 0.533.